The number of Topliss-reactive ketones (excluding diaryl/α,β-unsaturated/α-hetero) is 1. The third-order valence-electron chi connectivity index (χ3n) is 4.66. The van der Waals surface area contributed by atoms with Gasteiger partial charge in [0.2, 0.25) is 0 Å². The molecule has 1 amide bonds. The third kappa shape index (κ3) is 4.26. The van der Waals surface area contributed by atoms with Gasteiger partial charge in [-0.15, -0.1) is 0 Å². The van der Waals surface area contributed by atoms with Gasteiger partial charge in [0.15, 0.2) is 5.78 Å². The van der Waals surface area contributed by atoms with Crippen molar-refractivity contribution in [2.75, 3.05) is 50.7 Å². The molecule has 28 heavy (non-hydrogen) atoms. The number of ketones is 1. The van der Waals surface area contributed by atoms with E-state index in [1.807, 2.05) is 12.1 Å². The highest BCUT2D eigenvalue weighted by Gasteiger charge is 2.19. The summed E-state index contributed by atoms with van der Waals surface area (Å²) in [5.41, 5.74) is 2.18. The van der Waals surface area contributed by atoms with Crippen LogP contribution in [0.5, 0.6) is 11.5 Å². The SMILES string of the molecule is COc1ccc(OC)c(C(=O)Nc2ccc(N3CCOCC3)cc2C(C)=O)c1. The number of morpholine rings is 1. The van der Waals surface area contributed by atoms with E-state index in [-0.39, 0.29) is 11.7 Å². The number of rotatable bonds is 6. The smallest absolute Gasteiger partial charge is 0.259 e. The Balaban J connectivity index is 1.89. The molecule has 0 spiro atoms. The standard InChI is InChI=1S/C21H24N2O5/c1-14(24)17-12-15(23-8-10-28-11-9-23)4-6-19(17)22-21(25)18-13-16(26-2)5-7-20(18)27-3/h4-7,12-13H,8-11H2,1-3H3,(H,22,25). The van der Waals surface area contributed by atoms with Crippen LogP contribution in [0.25, 0.3) is 0 Å². The number of nitrogens with zero attached hydrogens (tertiary/aromatic N) is 1. The van der Waals surface area contributed by atoms with Crippen LogP contribution >= 0.6 is 0 Å². The van der Waals surface area contributed by atoms with Crippen molar-refractivity contribution in [1.29, 1.82) is 0 Å². The molecule has 0 aliphatic carbocycles. The molecule has 2 aromatic carbocycles. The fourth-order valence-electron chi connectivity index (χ4n) is 3.13. The molecule has 0 bridgehead atoms. The topological polar surface area (TPSA) is 77.1 Å². The molecule has 2 aromatic rings. The number of benzene rings is 2. The fourth-order valence-corrected chi connectivity index (χ4v) is 3.13. The molecule has 1 saturated heterocycles. The fraction of sp³-hybridized carbons (Fsp3) is 0.333. The minimum atomic E-state index is -0.377. The highest BCUT2D eigenvalue weighted by Crippen LogP contribution is 2.28. The molecule has 1 fully saturated rings. The minimum Gasteiger partial charge on any atom is -0.497 e. The molecule has 0 unspecified atom stereocenters. The lowest BCUT2D eigenvalue weighted by atomic mass is 10.1. The number of ether oxygens (including phenoxy) is 3. The number of hydrogen-bond donors (Lipinski definition) is 1. The molecule has 0 saturated carbocycles. The minimum absolute atomic E-state index is 0.122. The normalized spacial score (nSPS) is 13.8. The Morgan fingerprint density at radius 1 is 1.00 bits per heavy atom. The van der Waals surface area contributed by atoms with Gasteiger partial charge in [0, 0.05) is 24.3 Å². The van der Waals surface area contributed by atoms with E-state index in [9.17, 15) is 9.59 Å². The highest BCUT2D eigenvalue weighted by atomic mass is 16.5. The summed E-state index contributed by atoms with van der Waals surface area (Å²) in [4.78, 5) is 27.2. The molecule has 0 atom stereocenters. The molecular formula is C21H24N2O5. The molecule has 7 nitrogen and oxygen atoms in total. The van der Waals surface area contributed by atoms with E-state index in [2.05, 4.69) is 10.2 Å². The van der Waals surface area contributed by atoms with Crippen molar-refractivity contribution < 1.29 is 23.8 Å². The van der Waals surface area contributed by atoms with Crippen LogP contribution in [0.15, 0.2) is 36.4 Å². The van der Waals surface area contributed by atoms with E-state index < -0.39 is 0 Å². The number of hydrogen-bond acceptors (Lipinski definition) is 6. The quantitative estimate of drug-likeness (QED) is 0.772. The predicted octanol–water partition coefficient (Wildman–Crippen LogP) is 3.00. The first-order valence-corrected chi connectivity index (χ1v) is 9.04. The number of nitrogens with one attached hydrogen (secondary N) is 1. The zero-order valence-electron chi connectivity index (χ0n) is 16.3. The first-order chi connectivity index (χ1) is 13.5. The highest BCUT2D eigenvalue weighted by molar-refractivity contribution is 6.10. The number of anilines is 2. The lowest BCUT2D eigenvalue weighted by Gasteiger charge is -2.29. The first kappa shape index (κ1) is 19.7. The number of amides is 1. The molecule has 1 heterocycles. The summed E-state index contributed by atoms with van der Waals surface area (Å²) in [6.45, 7) is 4.33. The van der Waals surface area contributed by atoms with E-state index in [1.54, 1.807) is 24.3 Å². The van der Waals surface area contributed by atoms with Crippen LogP contribution in [-0.4, -0.2) is 52.2 Å². The average Bonchev–Trinajstić information content (AvgIpc) is 2.73. The van der Waals surface area contributed by atoms with Crippen molar-refractivity contribution in [2.24, 2.45) is 0 Å². The maximum Gasteiger partial charge on any atom is 0.259 e. The summed E-state index contributed by atoms with van der Waals surface area (Å²) in [6.07, 6.45) is 0. The van der Waals surface area contributed by atoms with Gasteiger partial charge in [-0.2, -0.15) is 0 Å². The Morgan fingerprint density at radius 3 is 2.39 bits per heavy atom. The van der Waals surface area contributed by atoms with E-state index in [0.29, 0.717) is 41.5 Å². The lowest BCUT2D eigenvalue weighted by Crippen LogP contribution is -2.36. The molecule has 148 valence electrons. The van der Waals surface area contributed by atoms with Crippen LogP contribution < -0.4 is 19.7 Å². The summed E-state index contributed by atoms with van der Waals surface area (Å²) in [7, 11) is 3.03. The summed E-state index contributed by atoms with van der Waals surface area (Å²) in [5, 5.41) is 2.83. The second-order valence-electron chi connectivity index (χ2n) is 6.41. The third-order valence-corrected chi connectivity index (χ3v) is 4.66. The van der Waals surface area contributed by atoms with Crippen molar-refractivity contribution in [2.45, 2.75) is 6.92 Å². The van der Waals surface area contributed by atoms with Gasteiger partial charge in [0.1, 0.15) is 11.5 Å². The van der Waals surface area contributed by atoms with E-state index in [1.165, 1.54) is 21.1 Å². The second kappa shape index (κ2) is 8.75. The molecular weight excluding hydrogens is 360 g/mol. The zero-order chi connectivity index (χ0) is 20.1. The van der Waals surface area contributed by atoms with Crippen molar-refractivity contribution >= 4 is 23.1 Å². The Labute approximate surface area is 164 Å². The monoisotopic (exact) mass is 384 g/mol. The van der Waals surface area contributed by atoms with Crippen LogP contribution in [0.4, 0.5) is 11.4 Å². The average molecular weight is 384 g/mol. The van der Waals surface area contributed by atoms with Crippen LogP contribution in [0.1, 0.15) is 27.6 Å². The molecule has 1 aliphatic rings. The van der Waals surface area contributed by atoms with Gasteiger partial charge in [-0.1, -0.05) is 0 Å². The van der Waals surface area contributed by atoms with E-state index in [0.717, 1.165) is 18.8 Å². The van der Waals surface area contributed by atoms with Crippen LogP contribution in [0, 0.1) is 0 Å². The van der Waals surface area contributed by atoms with Gasteiger partial charge >= 0.3 is 0 Å². The summed E-state index contributed by atoms with van der Waals surface area (Å²) >= 11 is 0. The van der Waals surface area contributed by atoms with Crippen LogP contribution in [0.3, 0.4) is 0 Å². The number of carbonyl (C=O) groups is 2. The Hall–Kier alpha value is -3.06. The molecule has 3 rings (SSSR count). The maximum atomic E-state index is 12.8. The van der Waals surface area contributed by atoms with Crippen molar-refractivity contribution in [3.8, 4) is 11.5 Å². The van der Waals surface area contributed by atoms with Crippen molar-refractivity contribution in [3.05, 3.63) is 47.5 Å². The Kier molecular flexibility index (Phi) is 6.16. The van der Waals surface area contributed by atoms with Gasteiger partial charge in [-0.25, -0.2) is 0 Å². The number of methoxy groups -OCH3 is 2. The van der Waals surface area contributed by atoms with Gasteiger partial charge in [-0.3, -0.25) is 9.59 Å². The van der Waals surface area contributed by atoms with Gasteiger partial charge in [0.25, 0.3) is 5.91 Å². The largest absolute Gasteiger partial charge is 0.497 e. The molecule has 7 heteroatoms. The molecule has 0 radical (unpaired) electrons. The molecule has 0 aromatic heterocycles. The predicted molar refractivity (Wildman–Crippen MR) is 107 cm³/mol. The molecule has 1 aliphatic heterocycles. The van der Waals surface area contributed by atoms with Gasteiger partial charge in [-0.05, 0) is 43.3 Å². The van der Waals surface area contributed by atoms with Crippen LogP contribution in [0.2, 0.25) is 0 Å². The summed E-state index contributed by atoms with van der Waals surface area (Å²) < 4.78 is 15.8. The van der Waals surface area contributed by atoms with Crippen LogP contribution in [-0.2, 0) is 4.74 Å². The van der Waals surface area contributed by atoms with E-state index >= 15 is 0 Å². The zero-order valence-corrected chi connectivity index (χ0v) is 16.3. The maximum absolute atomic E-state index is 12.8. The Morgan fingerprint density at radius 2 is 1.75 bits per heavy atom. The lowest BCUT2D eigenvalue weighted by molar-refractivity contribution is 0.101. The number of carbonyl (C=O) groups excluding carboxylic acids is 2. The van der Waals surface area contributed by atoms with Crippen molar-refractivity contribution in [1.82, 2.24) is 0 Å². The summed E-state index contributed by atoms with van der Waals surface area (Å²) in [6, 6.07) is 10.5. The van der Waals surface area contributed by atoms with Gasteiger partial charge < -0.3 is 24.4 Å². The Bertz CT molecular complexity index is 875. The first-order valence-electron chi connectivity index (χ1n) is 9.04. The van der Waals surface area contributed by atoms with Gasteiger partial charge in [0.05, 0.1) is 38.7 Å². The van der Waals surface area contributed by atoms with E-state index in [4.69, 9.17) is 14.2 Å². The van der Waals surface area contributed by atoms with Crippen molar-refractivity contribution in [3.63, 3.8) is 0 Å². The summed E-state index contributed by atoms with van der Waals surface area (Å²) in [5.74, 6) is 0.466. The second-order valence-corrected chi connectivity index (χ2v) is 6.41. The molecule has 1 N–H and O–H groups in total.